The first kappa shape index (κ1) is 44.3. The second-order valence-electron chi connectivity index (χ2n) is 15.7. The highest BCUT2D eigenvalue weighted by molar-refractivity contribution is 7.86. The zero-order valence-electron chi connectivity index (χ0n) is 34.5. The van der Waals surface area contributed by atoms with Crippen LogP contribution < -0.4 is 0 Å². The Kier molecular flexibility index (Phi) is 9.27. The fourth-order valence-electron chi connectivity index (χ4n) is 8.49. The van der Waals surface area contributed by atoms with Crippen LogP contribution in [-0.4, -0.2) is 102 Å². The summed E-state index contributed by atoms with van der Waals surface area (Å²) in [6.45, 7) is 0. The molecule has 0 spiro atoms. The Balaban J connectivity index is 0.918. The second-order valence-corrected chi connectivity index (χ2v) is 21.3. The van der Waals surface area contributed by atoms with Crippen LogP contribution in [0.1, 0.15) is 31.8 Å². The molecular formula is C42H26N8O16S4. The molecule has 0 unspecified atom stereocenters. The molecule has 0 aliphatic rings. The molecule has 0 amide bonds. The Morgan fingerprint density at radius 1 is 0.486 bits per heavy atom. The summed E-state index contributed by atoms with van der Waals surface area (Å²) in [6.07, 6.45) is 2.26. The van der Waals surface area contributed by atoms with Crippen molar-refractivity contribution in [1.29, 1.82) is 0 Å². The molecule has 4 heterocycles. The first-order valence-corrected chi connectivity index (χ1v) is 25.5. The van der Waals surface area contributed by atoms with E-state index in [0.717, 1.165) is 42.5 Å². The van der Waals surface area contributed by atoms with Gasteiger partial charge in [0.25, 0.3) is 40.5 Å². The smallest absolute Gasteiger partial charge is 0.338 e. The normalized spacial score (nSPS) is 13.4. The van der Waals surface area contributed by atoms with E-state index in [4.69, 9.17) is 0 Å². The van der Waals surface area contributed by atoms with E-state index in [1.54, 1.807) is 35.0 Å². The van der Waals surface area contributed by atoms with Gasteiger partial charge in [-0.25, -0.2) is 9.59 Å². The summed E-state index contributed by atoms with van der Waals surface area (Å²) in [5, 5.41) is 30.0. The standard InChI is InChI=1S/C42H26N8O16S4/c51-41(52)30-19-34(47-46-33-14-9-23-15-26(67(55,56)57)12-13-27(23)39(33)50(46)47)31(42(53)54)18-32(30)44-43-24-10-7-21(36(16-24)68(58,59)60)5-6-22-8-11-25(17-37(22)69(61,62)63)45-48-35-20-38(70(64,65)66)28-3-1-2-4-29(28)40(35)49(45)48/h1-20H,(H,51,52)(H,53,54)(H,55,56,57)(H,58,59,60)(H,61,62,63)(H,64,65,66)/b6-5-,44-43?. The number of aromatic nitrogens is 6. The molecule has 6 N–H and O–H groups in total. The lowest BCUT2D eigenvalue weighted by atomic mass is 10.1. The predicted molar refractivity (Wildman–Crippen MR) is 245 cm³/mol. The average Bonchev–Trinajstić information content (AvgIpc) is 4.15. The van der Waals surface area contributed by atoms with Gasteiger partial charge in [0.2, 0.25) is 0 Å². The third-order valence-corrected chi connectivity index (χ3v) is 15.2. The predicted octanol–water partition coefficient (Wildman–Crippen LogP) is 6.43. The number of hydrogen-bond acceptors (Lipinski definition) is 12. The Morgan fingerprint density at radius 3 is 1.73 bits per heavy atom. The van der Waals surface area contributed by atoms with Gasteiger partial charge in [-0.15, -0.1) is 28.4 Å². The van der Waals surface area contributed by atoms with Crippen LogP contribution in [0.2, 0.25) is 0 Å². The number of carboxylic acids is 2. The molecule has 0 bridgehead atoms. The Hall–Kier alpha value is -8.22. The number of hydrogen-bond donors (Lipinski definition) is 6. The number of carbonyl (C=O) groups is 2. The Bertz CT molecular complexity index is 4660. The van der Waals surface area contributed by atoms with Crippen LogP contribution in [0.15, 0.2) is 139 Å². The van der Waals surface area contributed by atoms with E-state index < -0.39 is 79.0 Å². The summed E-state index contributed by atoms with van der Waals surface area (Å²) >= 11 is 0. The van der Waals surface area contributed by atoms with Gasteiger partial charge in [-0.05, 0) is 77.2 Å². The lowest BCUT2D eigenvalue weighted by Gasteiger charge is -2.07. The van der Waals surface area contributed by atoms with Gasteiger partial charge in [0.1, 0.15) is 48.1 Å². The van der Waals surface area contributed by atoms with E-state index in [1.165, 1.54) is 72.0 Å². The molecule has 0 fully saturated rings. The van der Waals surface area contributed by atoms with Crippen molar-refractivity contribution in [2.24, 2.45) is 10.2 Å². The second kappa shape index (κ2) is 14.6. The summed E-state index contributed by atoms with van der Waals surface area (Å²) in [5.41, 5.74) is 0.0669. The van der Waals surface area contributed by atoms with Crippen LogP contribution in [-0.2, 0) is 40.5 Å². The van der Waals surface area contributed by atoms with Crippen molar-refractivity contribution in [2.45, 2.75) is 19.6 Å². The van der Waals surface area contributed by atoms with Gasteiger partial charge in [-0.2, -0.15) is 43.6 Å². The summed E-state index contributed by atoms with van der Waals surface area (Å²) in [7, 11) is -19.2. The lowest BCUT2D eigenvalue weighted by Crippen LogP contribution is -2.07. The first-order chi connectivity index (χ1) is 32.9. The highest BCUT2D eigenvalue weighted by Crippen LogP contribution is 2.39. The topological polar surface area (TPSA) is 344 Å². The maximum Gasteiger partial charge on any atom is 0.338 e. The minimum absolute atomic E-state index is 0.108. The molecule has 7 aromatic carbocycles. The van der Waals surface area contributed by atoms with Crippen LogP contribution in [0.4, 0.5) is 11.4 Å². The Morgan fingerprint density at radius 2 is 1.09 bits per heavy atom. The van der Waals surface area contributed by atoms with E-state index in [1.807, 2.05) is 0 Å². The zero-order chi connectivity index (χ0) is 49.7. The number of carboxylic acid groups (broad SMARTS) is 2. The van der Waals surface area contributed by atoms with Crippen molar-refractivity contribution in [3.8, 4) is 11.4 Å². The minimum atomic E-state index is -5.06. The van der Waals surface area contributed by atoms with Crippen molar-refractivity contribution in [1.82, 2.24) is 28.1 Å². The molecule has 354 valence electrons. The lowest BCUT2D eigenvalue weighted by molar-refractivity contribution is 0.0681. The van der Waals surface area contributed by atoms with Gasteiger partial charge in [0.05, 0.1) is 27.4 Å². The molecule has 4 aromatic heterocycles. The number of nitrogens with zero attached hydrogens (tertiary/aromatic N) is 8. The van der Waals surface area contributed by atoms with Crippen LogP contribution in [0.3, 0.4) is 0 Å². The SMILES string of the molecule is O=C(O)c1cc(-n2n3c4ccc5cc(S(=O)(=O)O)ccc5c4n23)c(C(=O)O)cc1N=Nc1ccc(/C=C\c2ccc(-n3n4c5cc(S(=O)(=O)O)c6ccccc6c5n34)cc2S(=O)(=O)O)c(S(=O)(=O)O)c1. The molecule has 0 aliphatic carbocycles. The molecule has 0 aliphatic heterocycles. The van der Waals surface area contributed by atoms with Crippen LogP contribution in [0.25, 0.3) is 67.1 Å². The largest absolute Gasteiger partial charge is 0.478 e. The molecule has 11 aromatic rings. The molecule has 28 heteroatoms. The number of fused-ring (bicyclic) bond motifs is 12. The third kappa shape index (κ3) is 6.92. The van der Waals surface area contributed by atoms with Crippen LogP contribution in [0.5, 0.6) is 0 Å². The van der Waals surface area contributed by atoms with Crippen molar-refractivity contribution >= 4 is 120 Å². The van der Waals surface area contributed by atoms with Gasteiger partial charge in [0, 0.05) is 16.2 Å². The van der Waals surface area contributed by atoms with E-state index in [-0.39, 0.29) is 43.4 Å². The molecule has 0 radical (unpaired) electrons. The molecule has 24 nitrogen and oxygen atoms in total. The van der Waals surface area contributed by atoms with E-state index in [0.29, 0.717) is 38.2 Å². The summed E-state index contributed by atoms with van der Waals surface area (Å²) in [4.78, 5) is 25.9. The third-order valence-electron chi connectivity index (χ3n) is 11.6. The number of aromatic carboxylic acids is 2. The molecule has 70 heavy (non-hydrogen) atoms. The maximum absolute atomic E-state index is 12.7. The molecule has 0 saturated carbocycles. The first-order valence-electron chi connectivity index (χ1n) is 19.8. The van der Waals surface area contributed by atoms with Crippen LogP contribution >= 0.6 is 0 Å². The van der Waals surface area contributed by atoms with Gasteiger partial charge in [-0.3, -0.25) is 18.2 Å². The highest BCUT2D eigenvalue weighted by atomic mass is 32.2. The minimum Gasteiger partial charge on any atom is -0.478 e. The number of rotatable bonds is 12. The monoisotopic (exact) mass is 1030 g/mol. The number of benzene rings is 7. The summed E-state index contributed by atoms with van der Waals surface area (Å²) in [5.74, 6) is -3.04. The van der Waals surface area contributed by atoms with Crippen molar-refractivity contribution in [3.63, 3.8) is 0 Å². The molecule has 11 rings (SSSR count). The molecule has 0 saturated heterocycles. The van der Waals surface area contributed by atoms with Crippen molar-refractivity contribution in [3.05, 3.63) is 131 Å². The maximum atomic E-state index is 12.7. The van der Waals surface area contributed by atoms with Crippen molar-refractivity contribution < 1.29 is 71.7 Å². The fourth-order valence-corrected chi connectivity index (χ4v) is 11.1. The van der Waals surface area contributed by atoms with Gasteiger partial charge < -0.3 is 10.2 Å². The van der Waals surface area contributed by atoms with Crippen LogP contribution in [0, 0.1) is 0 Å². The number of azo groups is 1. The fraction of sp³-hybridized carbons (Fsp3) is 0. The molecule has 0 atom stereocenters. The van der Waals surface area contributed by atoms with E-state index in [2.05, 4.69) is 10.2 Å². The summed E-state index contributed by atoms with van der Waals surface area (Å²) < 4.78 is 145. The van der Waals surface area contributed by atoms with Gasteiger partial charge in [-0.1, -0.05) is 60.7 Å². The zero-order valence-corrected chi connectivity index (χ0v) is 37.8. The van der Waals surface area contributed by atoms with Gasteiger partial charge in [0.15, 0.2) is 0 Å². The van der Waals surface area contributed by atoms with Crippen molar-refractivity contribution in [2.75, 3.05) is 0 Å². The highest BCUT2D eigenvalue weighted by Gasteiger charge is 2.33. The summed E-state index contributed by atoms with van der Waals surface area (Å²) in [6, 6.07) is 23.8. The Labute approximate surface area is 390 Å². The average molecular weight is 1030 g/mol. The quantitative estimate of drug-likeness (QED) is 0.0436. The van der Waals surface area contributed by atoms with E-state index >= 15 is 0 Å². The van der Waals surface area contributed by atoms with E-state index in [9.17, 15) is 71.7 Å². The molecular weight excluding hydrogens is 1000 g/mol. The van der Waals surface area contributed by atoms with Gasteiger partial charge >= 0.3 is 11.9 Å².